The van der Waals surface area contributed by atoms with Crippen LogP contribution < -0.4 is 0 Å². The maximum absolute atomic E-state index is 11.0. The van der Waals surface area contributed by atoms with Crippen LogP contribution in [0.3, 0.4) is 0 Å². The second kappa shape index (κ2) is 10.2. The lowest BCUT2D eigenvalue weighted by molar-refractivity contribution is 0.191. The van der Waals surface area contributed by atoms with E-state index in [1.807, 2.05) is 0 Å². The van der Waals surface area contributed by atoms with Crippen LogP contribution in [0.15, 0.2) is 0 Å². The van der Waals surface area contributed by atoms with Crippen molar-refractivity contribution in [3.63, 3.8) is 0 Å². The molecule has 0 aliphatic carbocycles. The Morgan fingerprint density at radius 1 is 1.13 bits per heavy atom. The van der Waals surface area contributed by atoms with Gasteiger partial charge in [0.1, 0.15) is 0 Å². The molecular formula is C10H21O4P. The zero-order valence-corrected chi connectivity index (χ0v) is 10.6. The molecule has 0 spiro atoms. The minimum absolute atomic E-state index is 0.388. The molecule has 0 radical (unpaired) electrons. The maximum atomic E-state index is 11.0. The minimum atomic E-state index is -2.63. The minimum Gasteiger partial charge on any atom is -0.462 e. The van der Waals surface area contributed by atoms with Gasteiger partial charge in [-0.1, -0.05) is 39.0 Å². The van der Waals surface area contributed by atoms with Gasteiger partial charge in [-0.05, 0) is 6.42 Å². The first-order valence-corrected chi connectivity index (χ1v) is 6.79. The topological polar surface area (TPSA) is 52.6 Å². The smallest absolute Gasteiger partial charge is 0.388 e. The van der Waals surface area contributed by atoms with E-state index in [4.69, 9.17) is 4.52 Å². The average Bonchev–Trinajstić information content (AvgIpc) is 2.26. The highest BCUT2D eigenvalue weighted by atomic mass is 31.1. The van der Waals surface area contributed by atoms with Crippen LogP contribution in [0, 0.1) is 0 Å². The molecule has 0 N–H and O–H groups in total. The Bertz CT molecular complexity index is 194. The number of hydrogen-bond acceptors (Lipinski definition) is 4. The molecule has 0 aromatic rings. The molecule has 0 aliphatic rings. The number of hydrogen-bond donors (Lipinski definition) is 0. The lowest BCUT2D eigenvalue weighted by Gasteiger charge is -2.02. The van der Waals surface area contributed by atoms with Gasteiger partial charge in [-0.3, -0.25) is 4.57 Å². The third-order valence-electron chi connectivity index (χ3n) is 2.08. The van der Waals surface area contributed by atoms with Crippen LogP contribution in [-0.2, 0) is 13.8 Å². The summed E-state index contributed by atoms with van der Waals surface area (Å²) in [7, 11) is -1.42. The Morgan fingerprint density at radius 3 is 2.33 bits per heavy atom. The number of carbonyl (C=O) groups is 1. The van der Waals surface area contributed by atoms with Gasteiger partial charge in [-0.2, -0.15) is 0 Å². The lowest BCUT2D eigenvalue weighted by Crippen LogP contribution is -1.95. The van der Waals surface area contributed by atoms with E-state index in [1.54, 1.807) is 0 Å². The van der Waals surface area contributed by atoms with Crippen molar-refractivity contribution >= 4 is 13.7 Å². The second-order valence-corrected chi connectivity index (χ2v) is 4.67. The fourth-order valence-electron chi connectivity index (χ4n) is 1.19. The number of methoxy groups -OCH3 is 1. The Morgan fingerprint density at radius 2 is 1.73 bits per heavy atom. The molecule has 0 heterocycles. The van der Waals surface area contributed by atoms with Crippen molar-refractivity contribution in [1.29, 1.82) is 0 Å². The fraction of sp³-hybridized carbons (Fsp3) is 0.900. The van der Waals surface area contributed by atoms with Crippen LogP contribution in [-0.4, -0.2) is 19.4 Å². The van der Waals surface area contributed by atoms with Gasteiger partial charge in [0.15, 0.2) is 0 Å². The molecule has 0 amide bonds. The fourth-order valence-corrected chi connectivity index (χ4v) is 1.80. The van der Waals surface area contributed by atoms with E-state index in [0.29, 0.717) is 6.61 Å². The van der Waals surface area contributed by atoms with Gasteiger partial charge in [0.05, 0.1) is 13.7 Å². The van der Waals surface area contributed by atoms with Crippen molar-refractivity contribution in [2.24, 2.45) is 0 Å². The summed E-state index contributed by atoms with van der Waals surface area (Å²) in [6.07, 6.45) is 6.83. The summed E-state index contributed by atoms with van der Waals surface area (Å²) in [5.41, 5.74) is -0.744. The van der Waals surface area contributed by atoms with Crippen LogP contribution in [0.25, 0.3) is 0 Å². The van der Waals surface area contributed by atoms with E-state index >= 15 is 0 Å². The molecular weight excluding hydrogens is 215 g/mol. The zero-order valence-electron chi connectivity index (χ0n) is 9.58. The van der Waals surface area contributed by atoms with E-state index < -0.39 is 13.7 Å². The van der Waals surface area contributed by atoms with Gasteiger partial charge < -0.3 is 9.26 Å². The normalized spacial score (nSPS) is 12.4. The average molecular weight is 236 g/mol. The number of carbonyl (C=O) groups excluding carboxylic acids is 1. The van der Waals surface area contributed by atoms with Crippen molar-refractivity contribution in [1.82, 2.24) is 0 Å². The highest BCUT2D eigenvalue weighted by Gasteiger charge is 2.10. The summed E-state index contributed by atoms with van der Waals surface area (Å²) >= 11 is 0. The van der Waals surface area contributed by atoms with Crippen molar-refractivity contribution in [2.45, 2.75) is 45.4 Å². The maximum Gasteiger partial charge on any atom is 0.388 e. The highest BCUT2D eigenvalue weighted by molar-refractivity contribution is 7.58. The van der Waals surface area contributed by atoms with Crippen LogP contribution in [0.4, 0.5) is 4.79 Å². The molecule has 0 aromatic carbocycles. The first kappa shape index (κ1) is 14.7. The van der Waals surface area contributed by atoms with Crippen molar-refractivity contribution in [3.05, 3.63) is 0 Å². The largest absolute Gasteiger partial charge is 0.462 e. The van der Waals surface area contributed by atoms with Gasteiger partial charge in [0, 0.05) is 0 Å². The Balaban J connectivity index is 3.24. The van der Waals surface area contributed by atoms with E-state index in [1.165, 1.54) is 32.8 Å². The number of rotatable bonds is 9. The van der Waals surface area contributed by atoms with Gasteiger partial charge >= 0.3 is 5.71 Å². The molecule has 0 fully saturated rings. The molecule has 0 saturated carbocycles. The predicted octanol–water partition coefficient (Wildman–Crippen LogP) is 3.60. The van der Waals surface area contributed by atoms with Crippen LogP contribution >= 0.6 is 8.03 Å². The second-order valence-electron chi connectivity index (χ2n) is 3.40. The Hall–Kier alpha value is -0.340. The molecule has 0 saturated heterocycles. The van der Waals surface area contributed by atoms with Gasteiger partial charge in [-0.15, -0.1) is 0 Å². The SMILES string of the molecule is CCCCCCCCO[PH](=O)C(=O)OC. The van der Waals surface area contributed by atoms with E-state index in [-0.39, 0.29) is 0 Å². The lowest BCUT2D eigenvalue weighted by atomic mass is 10.1. The van der Waals surface area contributed by atoms with Crippen molar-refractivity contribution in [3.8, 4) is 0 Å². The molecule has 4 nitrogen and oxygen atoms in total. The highest BCUT2D eigenvalue weighted by Crippen LogP contribution is 2.24. The molecule has 1 unspecified atom stereocenters. The van der Waals surface area contributed by atoms with Gasteiger partial charge in [0.2, 0.25) is 0 Å². The molecule has 0 rings (SSSR count). The van der Waals surface area contributed by atoms with Crippen molar-refractivity contribution in [2.75, 3.05) is 13.7 Å². The molecule has 90 valence electrons. The van der Waals surface area contributed by atoms with Crippen molar-refractivity contribution < 1.29 is 18.6 Å². The summed E-state index contributed by atoms with van der Waals surface area (Å²) in [6, 6.07) is 0. The van der Waals surface area contributed by atoms with Crippen LogP contribution in [0.2, 0.25) is 0 Å². The Kier molecular flexibility index (Phi) is 9.96. The first-order chi connectivity index (χ1) is 7.22. The molecule has 15 heavy (non-hydrogen) atoms. The molecule has 0 aromatic heterocycles. The monoisotopic (exact) mass is 236 g/mol. The summed E-state index contributed by atoms with van der Waals surface area (Å²) in [6.45, 7) is 2.56. The van der Waals surface area contributed by atoms with E-state index in [2.05, 4.69) is 11.7 Å². The standard InChI is InChI=1S/C10H21O4P/c1-3-4-5-6-7-8-9-14-15(12)10(11)13-2/h15H,3-9H2,1-2H3. The Labute approximate surface area is 92.2 Å². The zero-order chi connectivity index (χ0) is 11.5. The van der Waals surface area contributed by atoms with Crippen LogP contribution in [0.5, 0.6) is 0 Å². The third kappa shape index (κ3) is 8.64. The van der Waals surface area contributed by atoms with E-state index in [0.717, 1.165) is 12.8 Å². The van der Waals surface area contributed by atoms with Gasteiger partial charge in [-0.25, -0.2) is 4.79 Å². The first-order valence-electron chi connectivity index (χ1n) is 5.47. The quantitative estimate of drug-likeness (QED) is 0.453. The molecule has 0 bridgehead atoms. The summed E-state index contributed by atoms with van der Waals surface area (Å²) in [4.78, 5) is 10.7. The van der Waals surface area contributed by atoms with E-state index in [9.17, 15) is 9.36 Å². The third-order valence-corrected chi connectivity index (χ3v) is 3.09. The molecule has 1 atom stereocenters. The number of unbranched alkanes of at least 4 members (excludes halogenated alkanes) is 5. The number of ether oxygens (including phenoxy) is 1. The summed E-state index contributed by atoms with van der Waals surface area (Å²) in [5.74, 6) is 0. The predicted molar refractivity (Wildman–Crippen MR) is 60.7 cm³/mol. The molecule has 5 heteroatoms. The van der Waals surface area contributed by atoms with Crippen LogP contribution in [0.1, 0.15) is 45.4 Å². The van der Waals surface area contributed by atoms with Gasteiger partial charge in [0.25, 0.3) is 8.03 Å². The summed E-state index contributed by atoms with van der Waals surface area (Å²) < 4.78 is 20.2. The molecule has 0 aliphatic heterocycles. The summed E-state index contributed by atoms with van der Waals surface area (Å²) in [5, 5.41) is 0.